The molecule has 39 heavy (non-hydrogen) atoms. The van der Waals surface area contributed by atoms with Crippen LogP contribution >= 0.6 is 0 Å². The molecule has 0 aromatic heterocycles. The van der Waals surface area contributed by atoms with Crippen molar-refractivity contribution in [2.45, 2.75) is 107 Å². The van der Waals surface area contributed by atoms with Crippen molar-refractivity contribution in [1.29, 1.82) is 0 Å². The molecule has 0 saturated heterocycles. The van der Waals surface area contributed by atoms with Gasteiger partial charge in [-0.05, 0) is 74.6 Å². The van der Waals surface area contributed by atoms with Crippen LogP contribution in [-0.4, -0.2) is 37.3 Å². The molecule has 0 aliphatic rings. The van der Waals surface area contributed by atoms with Crippen molar-refractivity contribution < 1.29 is 0 Å². The number of nitrogens with one attached hydrogen (secondary N) is 1. The molecule has 0 spiro atoms. The van der Waals surface area contributed by atoms with Crippen LogP contribution < -0.4 is 15.1 Å². The van der Waals surface area contributed by atoms with Crippen LogP contribution in [0.25, 0.3) is 0 Å². The third kappa shape index (κ3) is 7.20. The number of anilines is 2. The van der Waals surface area contributed by atoms with E-state index in [0.717, 1.165) is 26.2 Å². The van der Waals surface area contributed by atoms with Gasteiger partial charge in [-0.1, -0.05) is 105 Å². The van der Waals surface area contributed by atoms with Gasteiger partial charge >= 0.3 is 0 Å². The van der Waals surface area contributed by atoms with Gasteiger partial charge in [0.15, 0.2) is 0 Å². The molecule has 3 heteroatoms. The Balaban J connectivity index is 2.20. The zero-order chi connectivity index (χ0) is 29.5. The van der Waals surface area contributed by atoms with Gasteiger partial charge in [-0.15, -0.1) is 0 Å². The lowest BCUT2D eigenvalue weighted by atomic mass is 9.64. The van der Waals surface area contributed by atoms with Gasteiger partial charge in [0.1, 0.15) is 0 Å². The molecular weight excluding hydrogens is 474 g/mol. The predicted molar refractivity (Wildman–Crippen MR) is 175 cm³/mol. The molecule has 2 rings (SSSR count). The van der Waals surface area contributed by atoms with Crippen LogP contribution in [0.15, 0.2) is 60.7 Å². The van der Waals surface area contributed by atoms with Gasteiger partial charge in [0.05, 0.1) is 0 Å². The van der Waals surface area contributed by atoms with E-state index in [1.807, 2.05) is 0 Å². The Morgan fingerprint density at radius 1 is 0.564 bits per heavy atom. The van der Waals surface area contributed by atoms with Crippen LogP contribution in [0.2, 0.25) is 0 Å². The van der Waals surface area contributed by atoms with E-state index in [4.69, 9.17) is 0 Å². The normalized spacial score (nSPS) is 14.7. The van der Waals surface area contributed by atoms with Crippen molar-refractivity contribution in [2.24, 2.45) is 22.7 Å². The number of nitrogens with zero attached hydrogens (tertiary/aromatic N) is 2. The Labute approximate surface area is 242 Å². The van der Waals surface area contributed by atoms with Crippen molar-refractivity contribution in [3.63, 3.8) is 0 Å². The van der Waals surface area contributed by atoms with Crippen LogP contribution in [0.3, 0.4) is 0 Å². The maximum absolute atomic E-state index is 3.84. The van der Waals surface area contributed by atoms with E-state index in [9.17, 15) is 0 Å². The number of rotatable bonds is 16. The largest absolute Gasteiger partial charge is 0.365 e. The minimum atomic E-state index is 0.00381. The second-order valence-corrected chi connectivity index (χ2v) is 13.9. The molecule has 0 aliphatic carbocycles. The Morgan fingerprint density at radius 2 is 0.872 bits per heavy atom. The van der Waals surface area contributed by atoms with Crippen LogP contribution in [-0.2, 0) is 0 Å². The highest BCUT2D eigenvalue weighted by Gasteiger charge is 2.45. The summed E-state index contributed by atoms with van der Waals surface area (Å²) in [6, 6.07) is 22.0. The van der Waals surface area contributed by atoms with E-state index in [0.29, 0.717) is 11.8 Å². The van der Waals surface area contributed by atoms with Gasteiger partial charge in [0, 0.05) is 48.6 Å². The zero-order valence-corrected chi connectivity index (χ0v) is 27.6. The maximum atomic E-state index is 3.84. The van der Waals surface area contributed by atoms with Crippen molar-refractivity contribution in [1.82, 2.24) is 5.32 Å². The highest BCUT2D eigenvalue weighted by molar-refractivity contribution is 5.50. The summed E-state index contributed by atoms with van der Waals surface area (Å²) in [4.78, 5) is 5.27. The van der Waals surface area contributed by atoms with Gasteiger partial charge < -0.3 is 15.1 Å². The Bertz CT molecular complexity index is 882. The number of benzene rings is 2. The standard InChI is InChI=1S/C36H61N3/c1-13-29(3)33(5,6)35(9,10)38(31-21-17-15-18-22-31)27-25-37-26-28-39(32-23-19-16-20-24-32)36(11,12)34(7,8)30(4)14-2/h15-24,29-30,37H,13-14,25-28H2,1-12H3. The summed E-state index contributed by atoms with van der Waals surface area (Å²) < 4.78 is 0. The molecule has 0 heterocycles. The highest BCUT2D eigenvalue weighted by Crippen LogP contribution is 2.46. The molecule has 0 bridgehead atoms. The van der Waals surface area contributed by atoms with Gasteiger partial charge in [0.25, 0.3) is 0 Å². The predicted octanol–water partition coefficient (Wildman–Crippen LogP) is 9.29. The molecule has 2 atom stereocenters. The molecule has 2 aromatic rings. The maximum Gasteiger partial charge on any atom is 0.0400 e. The SMILES string of the molecule is CCC(C)C(C)(C)C(C)(C)N(CCNCCN(c1ccccc1)C(C)(C)C(C)(C)C(C)CC)c1ccccc1. The second kappa shape index (κ2) is 13.6. The molecular formula is C36H61N3. The lowest BCUT2D eigenvalue weighted by Gasteiger charge is -2.54. The average molecular weight is 536 g/mol. The fourth-order valence-corrected chi connectivity index (χ4v) is 6.11. The minimum Gasteiger partial charge on any atom is -0.365 e. The van der Waals surface area contributed by atoms with Crippen LogP contribution in [0, 0.1) is 22.7 Å². The zero-order valence-electron chi connectivity index (χ0n) is 27.6. The highest BCUT2D eigenvalue weighted by atomic mass is 15.2. The van der Waals surface area contributed by atoms with Gasteiger partial charge in [-0.25, -0.2) is 0 Å². The molecule has 0 aliphatic heterocycles. The lowest BCUT2D eigenvalue weighted by molar-refractivity contribution is 0.106. The van der Waals surface area contributed by atoms with Crippen molar-refractivity contribution in [3.05, 3.63) is 60.7 Å². The number of hydrogen-bond donors (Lipinski definition) is 1. The summed E-state index contributed by atoms with van der Waals surface area (Å²) >= 11 is 0. The quantitative estimate of drug-likeness (QED) is 0.216. The summed E-state index contributed by atoms with van der Waals surface area (Å²) in [5, 5.41) is 3.84. The van der Waals surface area contributed by atoms with Crippen molar-refractivity contribution in [2.75, 3.05) is 36.0 Å². The minimum absolute atomic E-state index is 0.00381. The van der Waals surface area contributed by atoms with Gasteiger partial charge in [-0.2, -0.15) is 0 Å². The molecule has 0 fully saturated rings. The number of para-hydroxylation sites is 2. The fraction of sp³-hybridized carbons (Fsp3) is 0.667. The first-order valence-electron chi connectivity index (χ1n) is 15.5. The Hall–Kier alpha value is -2.00. The first-order chi connectivity index (χ1) is 18.2. The van der Waals surface area contributed by atoms with Crippen LogP contribution in [0.5, 0.6) is 0 Å². The first kappa shape index (κ1) is 33.2. The van der Waals surface area contributed by atoms with E-state index in [-0.39, 0.29) is 21.9 Å². The average Bonchev–Trinajstić information content (AvgIpc) is 2.91. The van der Waals surface area contributed by atoms with Crippen molar-refractivity contribution >= 4 is 11.4 Å². The molecule has 0 radical (unpaired) electrons. The summed E-state index contributed by atoms with van der Waals surface area (Å²) in [6.45, 7) is 32.8. The molecule has 3 nitrogen and oxygen atoms in total. The van der Waals surface area contributed by atoms with Gasteiger partial charge in [-0.3, -0.25) is 0 Å². The van der Waals surface area contributed by atoms with Crippen molar-refractivity contribution in [3.8, 4) is 0 Å². The molecule has 220 valence electrons. The fourth-order valence-electron chi connectivity index (χ4n) is 6.11. The topological polar surface area (TPSA) is 18.5 Å². The monoisotopic (exact) mass is 535 g/mol. The third-order valence-corrected chi connectivity index (χ3v) is 11.4. The molecule has 2 unspecified atom stereocenters. The number of hydrogen-bond acceptors (Lipinski definition) is 3. The second-order valence-electron chi connectivity index (χ2n) is 13.9. The van der Waals surface area contributed by atoms with Crippen LogP contribution in [0.4, 0.5) is 11.4 Å². The van der Waals surface area contributed by atoms with E-state index < -0.39 is 0 Å². The van der Waals surface area contributed by atoms with E-state index >= 15 is 0 Å². The molecule has 0 saturated carbocycles. The summed E-state index contributed by atoms with van der Waals surface area (Å²) in [5.74, 6) is 1.25. The summed E-state index contributed by atoms with van der Waals surface area (Å²) in [7, 11) is 0. The summed E-state index contributed by atoms with van der Waals surface area (Å²) in [5.41, 5.74) is 2.94. The third-order valence-electron chi connectivity index (χ3n) is 11.4. The molecule has 2 aromatic carbocycles. The summed E-state index contributed by atoms with van der Waals surface area (Å²) in [6.07, 6.45) is 2.38. The van der Waals surface area contributed by atoms with E-state index in [2.05, 4.69) is 159 Å². The smallest absolute Gasteiger partial charge is 0.0400 e. The lowest BCUT2D eigenvalue weighted by Crippen LogP contribution is -2.59. The first-order valence-corrected chi connectivity index (χ1v) is 15.5. The van der Waals surface area contributed by atoms with E-state index in [1.165, 1.54) is 24.2 Å². The molecule has 0 amide bonds. The van der Waals surface area contributed by atoms with Gasteiger partial charge in [0.2, 0.25) is 0 Å². The Kier molecular flexibility index (Phi) is 11.6. The van der Waals surface area contributed by atoms with Crippen LogP contribution in [0.1, 0.15) is 95.9 Å². The van der Waals surface area contributed by atoms with E-state index in [1.54, 1.807) is 0 Å². The molecule has 1 N–H and O–H groups in total. The Morgan fingerprint density at radius 3 is 1.15 bits per heavy atom.